The van der Waals surface area contributed by atoms with Crippen molar-refractivity contribution in [3.8, 4) is 0 Å². The van der Waals surface area contributed by atoms with Gasteiger partial charge in [-0.2, -0.15) is 0 Å². The van der Waals surface area contributed by atoms with E-state index in [1.54, 1.807) is 19.3 Å². The highest BCUT2D eigenvalue weighted by atomic mass is 127. The average molecular weight is 325 g/mol. The van der Waals surface area contributed by atoms with E-state index in [1.807, 2.05) is 36.4 Å². The largest absolute Gasteiger partial charge is 0.381 e. The van der Waals surface area contributed by atoms with Gasteiger partial charge >= 0.3 is 0 Å². The Morgan fingerprint density at radius 1 is 1.12 bits per heavy atom. The Morgan fingerprint density at radius 2 is 1.81 bits per heavy atom. The molecular formula is C13H12INO. The lowest BCUT2D eigenvalue weighted by Gasteiger charge is -2.24. The summed E-state index contributed by atoms with van der Waals surface area (Å²) in [5, 5.41) is 10.5. The van der Waals surface area contributed by atoms with Crippen LogP contribution in [0.3, 0.4) is 0 Å². The zero-order chi connectivity index (χ0) is 11.6. The van der Waals surface area contributed by atoms with Gasteiger partial charge in [0.05, 0.1) is 0 Å². The Balaban J connectivity index is 2.43. The van der Waals surface area contributed by atoms with Gasteiger partial charge < -0.3 is 5.11 Å². The van der Waals surface area contributed by atoms with Gasteiger partial charge in [0.1, 0.15) is 5.60 Å². The fraction of sp³-hybridized carbons (Fsp3) is 0.154. The predicted octanol–water partition coefficient (Wildman–Crippen LogP) is 2.94. The molecule has 0 bridgehead atoms. The van der Waals surface area contributed by atoms with E-state index in [9.17, 15) is 5.11 Å². The van der Waals surface area contributed by atoms with Crippen molar-refractivity contribution in [3.05, 3.63) is 63.5 Å². The van der Waals surface area contributed by atoms with Crippen molar-refractivity contribution in [1.29, 1.82) is 0 Å². The number of aromatic nitrogens is 1. The molecule has 2 rings (SSSR count). The zero-order valence-corrected chi connectivity index (χ0v) is 11.0. The van der Waals surface area contributed by atoms with E-state index in [0.29, 0.717) is 0 Å². The minimum absolute atomic E-state index is 0.802. The van der Waals surface area contributed by atoms with Crippen LogP contribution < -0.4 is 0 Å². The Kier molecular flexibility index (Phi) is 3.25. The summed E-state index contributed by atoms with van der Waals surface area (Å²) < 4.78 is 1.16. The highest BCUT2D eigenvalue weighted by Gasteiger charge is 2.25. The molecule has 3 heteroatoms. The summed E-state index contributed by atoms with van der Waals surface area (Å²) in [5.74, 6) is 0. The van der Waals surface area contributed by atoms with Crippen LogP contribution >= 0.6 is 22.6 Å². The highest BCUT2D eigenvalue weighted by Crippen LogP contribution is 2.28. The van der Waals surface area contributed by atoms with Crippen LogP contribution in [0.5, 0.6) is 0 Å². The smallest absolute Gasteiger partial charge is 0.113 e. The van der Waals surface area contributed by atoms with E-state index < -0.39 is 5.60 Å². The summed E-state index contributed by atoms with van der Waals surface area (Å²) in [4.78, 5) is 4.03. The van der Waals surface area contributed by atoms with Crippen molar-refractivity contribution < 1.29 is 5.11 Å². The average Bonchev–Trinajstić information content (AvgIpc) is 2.31. The van der Waals surface area contributed by atoms with Gasteiger partial charge in [0, 0.05) is 21.5 Å². The molecule has 0 aliphatic carbocycles. The Labute approximate surface area is 108 Å². The third-order valence-electron chi connectivity index (χ3n) is 2.63. The third kappa shape index (κ3) is 2.25. The van der Waals surface area contributed by atoms with Crippen LogP contribution in [0.4, 0.5) is 0 Å². The second kappa shape index (κ2) is 4.51. The summed E-state index contributed by atoms with van der Waals surface area (Å²) in [6, 6.07) is 11.6. The molecule has 0 radical (unpaired) electrons. The monoisotopic (exact) mass is 325 g/mol. The van der Waals surface area contributed by atoms with E-state index in [-0.39, 0.29) is 0 Å². The second-order valence-electron chi connectivity index (χ2n) is 3.82. The number of rotatable bonds is 2. The summed E-state index contributed by atoms with van der Waals surface area (Å²) in [6.45, 7) is 1.78. The summed E-state index contributed by atoms with van der Waals surface area (Å²) in [6.07, 6.45) is 3.39. The van der Waals surface area contributed by atoms with Gasteiger partial charge in [-0.05, 0) is 53.3 Å². The molecule has 1 aromatic carbocycles. The molecule has 1 atom stereocenters. The molecule has 0 aliphatic heterocycles. The summed E-state index contributed by atoms with van der Waals surface area (Å²) in [7, 11) is 0. The maximum absolute atomic E-state index is 10.5. The van der Waals surface area contributed by atoms with Gasteiger partial charge in [0.2, 0.25) is 0 Å². The maximum Gasteiger partial charge on any atom is 0.113 e. The first-order valence-corrected chi connectivity index (χ1v) is 6.07. The molecule has 0 fully saturated rings. The Bertz CT molecular complexity index is 465. The molecule has 0 saturated carbocycles. The van der Waals surface area contributed by atoms with Gasteiger partial charge in [-0.1, -0.05) is 18.2 Å². The van der Waals surface area contributed by atoms with Crippen LogP contribution in [-0.2, 0) is 5.60 Å². The lowest BCUT2D eigenvalue weighted by molar-refractivity contribution is 0.102. The van der Waals surface area contributed by atoms with Crippen molar-refractivity contribution in [2.45, 2.75) is 12.5 Å². The predicted molar refractivity (Wildman–Crippen MR) is 72.1 cm³/mol. The number of aliphatic hydroxyl groups is 1. The molecule has 0 unspecified atom stereocenters. The molecule has 0 saturated heterocycles. The van der Waals surface area contributed by atoms with Crippen molar-refractivity contribution in [1.82, 2.24) is 4.98 Å². The van der Waals surface area contributed by atoms with E-state index >= 15 is 0 Å². The minimum Gasteiger partial charge on any atom is -0.381 e. The molecule has 0 spiro atoms. The van der Waals surface area contributed by atoms with Crippen LogP contribution in [0.2, 0.25) is 0 Å². The Morgan fingerprint density at radius 3 is 2.38 bits per heavy atom. The molecule has 82 valence electrons. The van der Waals surface area contributed by atoms with Gasteiger partial charge in [0.25, 0.3) is 0 Å². The number of benzene rings is 1. The normalized spacial score (nSPS) is 14.4. The number of hydrogen-bond acceptors (Lipinski definition) is 2. The second-order valence-corrected chi connectivity index (χ2v) is 5.07. The van der Waals surface area contributed by atoms with Crippen molar-refractivity contribution in [2.24, 2.45) is 0 Å². The van der Waals surface area contributed by atoms with E-state index in [2.05, 4.69) is 27.6 Å². The van der Waals surface area contributed by atoms with Crippen LogP contribution in [0.15, 0.2) is 48.8 Å². The summed E-state index contributed by atoms with van der Waals surface area (Å²) >= 11 is 2.25. The number of nitrogens with zero attached hydrogens (tertiary/aromatic N) is 1. The number of halogens is 1. The lowest BCUT2D eigenvalue weighted by Crippen LogP contribution is -2.22. The molecule has 16 heavy (non-hydrogen) atoms. The topological polar surface area (TPSA) is 33.1 Å². The standard InChI is InChI=1S/C13H12INO/c1-13(16,11-3-2-8-15-9-11)10-4-6-12(14)7-5-10/h2-9,16H,1H3/t13-/m1/s1. The fourth-order valence-electron chi connectivity index (χ4n) is 1.59. The van der Waals surface area contributed by atoms with Gasteiger partial charge in [-0.15, -0.1) is 0 Å². The molecule has 0 aliphatic rings. The maximum atomic E-state index is 10.5. The first-order valence-electron chi connectivity index (χ1n) is 4.99. The first-order chi connectivity index (χ1) is 7.60. The summed E-state index contributed by atoms with van der Waals surface area (Å²) in [5.41, 5.74) is 0.690. The Hall–Kier alpha value is -0.940. The molecular weight excluding hydrogens is 313 g/mol. The lowest BCUT2D eigenvalue weighted by atomic mass is 9.89. The molecule has 1 aromatic heterocycles. The van der Waals surface area contributed by atoms with Crippen LogP contribution in [-0.4, -0.2) is 10.1 Å². The van der Waals surface area contributed by atoms with Crippen LogP contribution in [0.1, 0.15) is 18.1 Å². The van der Waals surface area contributed by atoms with Crippen LogP contribution in [0.25, 0.3) is 0 Å². The fourth-order valence-corrected chi connectivity index (χ4v) is 1.95. The van der Waals surface area contributed by atoms with Gasteiger partial charge in [0.15, 0.2) is 0 Å². The number of hydrogen-bond donors (Lipinski definition) is 1. The van der Waals surface area contributed by atoms with Crippen molar-refractivity contribution >= 4 is 22.6 Å². The van der Waals surface area contributed by atoms with Crippen LogP contribution in [0, 0.1) is 3.57 Å². The van der Waals surface area contributed by atoms with E-state index in [1.165, 1.54) is 0 Å². The molecule has 2 aromatic rings. The first kappa shape index (κ1) is 11.5. The van der Waals surface area contributed by atoms with E-state index in [0.717, 1.165) is 14.7 Å². The minimum atomic E-state index is -0.987. The molecule has 2 nitrogen and oxygen atoms in total. The molecule has 0 amide bonds. The molecule has 1 N–H and O–H groups in total. The van der Waals surface area contributed by atoms with Crippen molar-refractivity contribution in [3.63, 3.8) is 0 Å². The van der Waals surface area contributed by atoms with Gasteiger partial charge in [-0.3, -0.25) is 4.98 Å². The zero-order valence-electron chi connectivity index (χ0n) is 8.89. The molecule has 1 heterocycles. The quantitative estimate of drug-likeness (QED) is 0.861. The SMILES string of the molecule is C[C@@](O)(c1ccc(I)cc1)c1cccnc1. The third-order valence-corrected chi connectivity index (χ3v) is 3.35. The van der Waals surface area contributed by atoms with Gasteiger partial charge in [-0.25, -0.2) is 0 Å². The van der Waals surface area contributed by atoms with E-state index in [4.69, 9.17) is 0 Å². The van der Waals surface area contributed by atoms with Crippen molar-refractivity contribution in [2.75, 3.05) is 0 Å². The highest BCUT2D eigenvalue weighted by molar-refractivity contribution is 14.1. The number of pyridine rings is 1.